The van der Waals surface area contributed by atoms with Crippen molar-refractivity contribution >= 4 is 50.8 Å². The van der Waals surface area contributed by atoms with Crippen LogP contribution >= 0.6 is 34.2 Å². The van der Waals surface area contributed by atoms with Crippen molar-refractivity contribution in [2.75, 3.05) is 5.43 Å². The summed E-state index contributed by atoms with van der Waals surface area (Å²) in [6.07, 6.45) is 0.886. The lowest BCUT2D eigenvalue weighted by Crippen LogP contribution is -2.11. The number of anilines is 1. The Bertz CT molecular complexity index is 584. The highest BCUT2D eigenvalue weighted by atomic mass is 127. The first kappa shape index (κ1) is 12.9. The molecule has 0 aliphatic heterocycles. The van der Waals surface area contributed by atoms with E-state index in [1.165, 1.54) is 0 Å². The van der Waals surface area contributed by atoms with Crippen molar-refractivity contribution in [3.05, 3.63) is 32.0 Å². The molecular weight excluding hydrogens is 349 g/mol. The molecule has 90 valence electrons. The van der Waals surface area contributed by atoms with Crippen LogP contribution in [-0.2, 0) is 6.42 Å². The molecule has 0 unspecified atom stereocenters. The van der Waals surface area contributed by atoms with E-state index in [-0.39, 0.29) is 0 Å². The summed E-state index contributed by atoms with van der Waals surface area (Å²) in [6.45, 7) is 4.07. The largest absolute Gasteiger partial charge is 0.323 e. The lowest BCUT2D eigenvalue weighted by atomic mass is 10.0. The molecule has 0 amide bonds. The van der Waals surface area contributed by atoms with Gasteiger partial charge in [-0.05, 0) is 53.6 Å². The maximum atomic E-state index is 6.22. The van der Waals surface area contributed by atoms with Gasteiger partial charge in [-0.15, -0.1) is 0 Å². The lowest BCUT2D eigenvalue weighted by Gasteiger charge is -2.14. The molecule has 0 aliphatic carbocycles. The second-order valence-corrected chi connectivity index (χ2v) is 5.49. The van der Waals surface area contributed by atoms with Gasteiger partial charge in [0, 0.05) is 14.7 Å². The Hall–Kier alpha value is -0.590. The van der Waals surface area contributed by atoms with Crippen LogP contribution in [0.2, 0.25) is 5.02 Å². The number of hydrogen-bond acceptors (Lipinski definition) is 3. The van der Waals surface area contributed by atoms with Gasteiger partial charge in [0.2, 0.25) is 0 Å². The number of aromatic nitrogens is 1. The van der Waals surface area contributed by atoms with Crippen molar-refractivity contribution in [2.24, 2.45) is 5.84 Å². The Morgan fingerprint density at radius 2 is 2.18 bits per heavy atom. The summed E-state index contributed by atoms with van der Waals surface area (Å²) in [6, 6.07) is 3.95. The second kappa shape index (κ2) is 4.96. The fourth-order valence-electron chi connectivity index (χ4n) is 2.05. The lowest BCUT2D eigenvalue weighted by molar-refractivity contribution is 1.06. The number of hydrogen-bond donors (Lipinski definition) is 2. The first-order valence-corrected chi connectivity index (χ1v) is 6.79. The van der Waals surface area contributed by atoms with E-state index in [9.17, 15) is 0 Å². The third-order valence-corrected chi connectivity index (χ3v) is 3.72. The van der Waals surface area contributed by atoms with Crippen LogP contribution in [-0.4, -0.2) is 4.98 Å². The zero-order valence-electron chi connectivity index (χ0n) is 9.64. The quantitative estimate of drug-likeness (QED) is 0.488. The topological polar surface area (TPSA) is 50.9 Å². The van der Waals surface area contributed by atoms with E-state index < -0.39 is 0 Å². The van der Waals surface area contributed by atoms with E-state index in [0.29, 0.717) is 5.02 Å². The number of fused-ring (bicyclic) bond motifs is 1. The molecule has 0 fully saturated rings. The molecule has 1 aromatic carbocycles. The molecule has 3 nitrogen and oxygen atoms in total. The van der Waals surface area contributed by atoms with Crippen LogP contribution in [0.3, 0.4) is 0 Å². The molecule has 0 bridgehead atoms. The number of hydrazine groups is 1. The Labute approximate surface area is 119 Å². The zero-order valence-corrected chi connectivity index (χ0v) is 12.6. The van der Waals surface area contributed by atoms with Gasteiger partial charge in [0.15, 0.2) is 0 Å². The van der Waals surface area contributed by atoms with Crippen molar-refractivity contribution in [3.63, 3.8) is 0 Å². The molecule has 2 aromatic rings. The number of benzene rings is 1. The normalized spacial score (nSPS) is 10.9. The molecule has 0 radical (unpaired) electrons. The molecule has 3 N–H and O–H groups in total. The van der Waals surface area contributed by atoms with Gasteiger partial charge in [-0.25, -0.2) is 0 Å². The summed E-state index contributed by atoms with van der Waals surface area (Å²) in [7, 11) is 0. The van der Waals surface area contributed by atoms with E-state index >= 15 is 0 Å². The average molecular weight is 362 g/mol. The number of nitrogens with zero attached hydrogens (tertiary/aromatic N) is 1. The Morgan fingerprint density at radius 1 is 1.47 bits per heavy atom. The Kier molecular flexibility index (Phi) is 3.75. The summed E-state index contributed by atoms with van der Waals surface area (Å²) in [5.74, 6) is 5.64. The van der Waals surface area contributed by atoms with Crippen molar-refractivity contribution < 1.29 is 0 Å². The van der Waals surface area contributed by atoms with Crippen LogP contribution in [0.25, 0.3) is 10.9 Å². The van der Waals surface area contributed by atoms with E-state index in [1.54, 1.807) is 0 Å². The van der Waals surface area contributed by atoms with Crippen LogP contribution < -0.4 is 11.3 Å². The third-order valence-electron chi connectivity index (χ3n) is 2.81. The van der Waals surface area contributed by atoms with Gasteiger partial charge in [-0.1, -0.05) is 18.5 Å². The average Bonchev–Trinajstić information content (AvgIpc) is 2.28. The molecule has 5 heteroatoms. The van der Waals surface area contributed by atoms with Crippen LogP contribution in [0.5, 0.6) is 0 Å². The van der Waals surface area contributed by atoms with Gasteiger partial charge in [-0.2, -0.15) is 0 Å². The number of halogens is 2. The second-order valence-electron chi connectivity index (χ2n) is 3.83. The SMILES string of the molecule is CCc1c(C)nc2c(Cl)cc(I)cc2c1NN. The summed E-state index contributed by atoms with van der Waals surface area (Å²) < 4.78 is 1.07. The third kappa shape index (κ3) is 2.21. The minimum Gasteiger partial charge on any atom is -0.323 e. The van der Waals surface area contributed by atoms with Crippen molar-refractivity contribution in [1.82, 2.24) is 4.98 Å². The number of aryl methyl sites for hydroxylation is 1. The van der Waals surface area contributed by atoms with E-state index in [1.807, 2.05) is 19.1 Å². The number of nitrogens with two attached hydrogens (primary N) is 1. The molecule has 0 saturated carbocycles. The van der Waals surface area contributed by atoms with Gasteiger partial charge >= 0.3 is 0 Å². The monoisotopic (exact) mass is 361 g/mol. The molecule has 0 saturated heterocycles. The van der Waals surface area contributed by atoms with Crippen LogP contribution in [0.15, 0.2) is 12.1 Å². The highest BCUT2D eigenvalue weighted by Gasteiger charge is 2.13. The summed E-state index contributed by atoms with van der Waals surface area (Å²) in [5, 5.41) is 1.64. The van der Waals surface area contributed by atoms with E-state index in [0.717, 1.165) is 37.8 Å². The van der Waals surface area contributed by atoms with Crippen molar-refractivity contribution in [3.8, 4) is 0 Å². The highest BCUT2D eigenvalue weighted by molar-refractivity contribution is 14.1. The van der Waals surface area contributed by atoms with Crippen molar-refractivity contribution in [2.45, 2.75) is 20.3 Å². The predicted octanol–water partition coefficient (Wildman–Crippen LogP) is 3.65. The Balaban J connectivity index is 2.93. The van der Waals surface area contributed by atoms with Gasteiger partial charge < -0.3 is 5.43 Å². The molecule has 0 aliphatic rings. The molecule has 0 atom stereocenters. The summed E-state index contributed by atoms with van der Waals surface area (Å²) in [5.41, 5.74) is 6.62. The Morgan fingerprint density at radius 3 is 2.76 bits per heavy atom. The number of nitrogens with one attached hydrogen (secondary N) is 1. The van der Waals surface area contributed by atoms with Crippen molar-refractivity contribution in [1.29, 1.82) is 0 Å². The number of rotatable bonds is 2. The van der Waals surface area contributed by atoms with Crippen LogP contribution in [0.4, 0.5) is 5.69 Å². The van der Waals surface area contributed by atoms with Crippen LogP contribution in [0, 0.1) is 10.5 Å². The van der Waals surface area contributed by atoms with Crippen LogP contribution in [0.1, 0.15) is 18.2 Å². The highest BCUT2D eigenvalue weighted by Crippen LogP contribution is 2.33. The molecule has 2 rings (SSSR count). The fraction of sp³-hybridized carbons (Fsp3) is 0.250. The van der Waals surface area contributed by atoms with E-state index in [2.05, 4.69) is 39.9 Å². The first-order chi connectivity index (χ1) is 8.08. The summed E-state index contributed by atoms with van der Waals surface area (Å²) in [4.78, 5) is 4.56. The number of pyridine rings is 1. The first-order valence-electron chi connectivity index (χ1n) is 5.33. The minimum absolute atomic E-state index is 0.661. The molecule has 0 spiro atoms. The molecule has 17 heavy (non-hydrogen) atoms. The minimum atomic E-state index is 0.661. The maximum Gasteiger partial charge on any atom is 0.0913 e. The smallest absolute Gasteiger partial charge is 0.0913 e. The van der Waals surface area contributed by atoms with Gasteiger partial charge in [0.25, 0.3) is 0 Å². The molecular formula is C12H13ClIN3. The molecule has 1 heterocycles. The van der Waals surface area contributed by atoms with Gasteiger partial charge in [-0.3, -0.25) is 10.8 Å². The summed E-state index contributed by atoms with van der Waals surface area (Å²) >= 11 is 8.46. The molecule has 1 aromatic heterocycles. The fourth-order valence-corrected chi connectivity index (χ4v) is 3.11. The van der Waals surface area contributed by atoms with E-state index in [4.69, 9.17) is 17.4 Å². The van der Waals surface area contributed by atoms with Gasteiger partial charge in [0.1, 0.15) is 0 Å². The van der Waals surface area contributed by atoms with Gasteiger partial charge in [0.05, 0.1) is 16.2 Å². The predicted molar refractivity (Wildman–Crippen MR) is 81.4 cm³/mol. The standard InChI is InChI=1S/C12H13ClIN3/c1-3-8-6(2)16-12-9(11(8)17-15)4-7(14)5-10(12)13/h4-5H,3,15H2,1-2H3,(H,16,17). The number of nitrogen functional groups attached to an aromatic ring is 1. The zero-order chi connectivity index (χ0) is 12.6. The maximum absolute atomic E-state index is 6.22.